The molecule has 0 aromatic heterocycles. The van der Waals surface area contributed by atoms with Crippen molar-refractivity contribution in [3.63, 3.8) is 0 Å². The van der Waals surface area contributed by atoms with Crippen LogP contribution in [0.5, 0.6) is 0 Å². The Kier molecular flexibility index (Phi) is 2.86. The predicted octanol–water partition coefficient (Wildman–Crippen LogP) is 1.28. The van der Waals surface area contributed by atoms with E-state index in [1.54, 1.807) is 0 Å². The molecule has 3 heteroatoms. The number of hydrogen-bond acceptors (Lipinski definition) is 3. The van der Waals surface area contributed by atoms with E-state index in [9.17, 15) is 0 Å². The standard InChI is InChI=1S/C10H19NO2/c1-2-9-4-6-11-10(13-9)5-3-7-12-8-10/h9,11H,2-8H2,1H3. The maximum absolute atomic E-state index is 6.03. The van der Waals surface area contributed by atoms with Crippen molar-refractivity contribution in [2.24, 2.45) is 0 Å². The fourth-order valence-corrected chi connectivity index (χ4v) is 2.17. The van der Waals surface area contributed by atoms with Gasteiger partial charge in [-0.15, -0.1) is 0 Å². The van der Waals surface area contributed by atoms with Gasteiger partial charge < -0.3 is 9.47 Å². The van der Waals surface area contributed by atoms with Crippen LogP contribution in [0, 0.1) is 0 Å². The van der Waals surface area contributed by atoms with E-state index < -0.39 is 0 Å². The molecule has 2 fully saturated rings. The molecule has 0 bridgehead atoms. The number of hydrogen-bond donors (Lipinski definition) is 1. The van der Waals surface area contributed by atoms with Crippen LogP contribution in [-0.2, 0) is 9.47 Å². The molecule has 0 aromatic carbocycles. The largest absolute Gasteiger partial charge is 0.377 e. The maximum Gasteiger partial charge on any atom is 0.143 e. The summed E-state index contributed by atoms with van der Waals surface area (Å²) in [5.41, 5.74) is -0.142. The van der Waals surface area contributed by atoms with E-state index in [0.29, 0.717) is 6.10 Å². The molecule has 2 atom stereocenters. The van der Waals surface area contributed by atoms with Crippen molar-refractivity contribution in [1.29, 1.82) is 0 Å². The number of rotatable bonds is 1. The Hall–Kier alpha value is -0.120. The van der Waals surface area contributed by atoms with Crippen LogP contribution in [0.3, 0.4) is 0 Å². The summed E-state index contributed by atoms with van der Waals surface area (Å²) in [5.74, 6) is 0. The predicted molar refractivity (Wildman–Crippen MR) is 50.6 cm³/mol. The van der Waals surface area contributed by atoms with E-state index in [1.165, 1.54) is 0 Å². The fraction of sp³-hybridized carbons (Fsp3) is 1.00. The van der Waals surface area contributed by atoms with E-state index in [0.717, 1.165) is 45.4 Å². The SMILES string of the molecule is CCC1CCNC2(CCCOC2)O1. The molecule has 76 valence electrons. The molecule has 2 aliphatic rings. The molecule has 2 aliphatic heterocycles. The molecular formula is C10H19NO2. The minimum atomic E-state index is -0.142. The second kappa shape index (κ2) is 3.95. The second-order valence-corrected chi connectivity index (χ2v) is 4.01. The van der Waals surface area contributed by atoms with E-state index in [-0.39, 0.29) is 5.72 Å². The Morgan fingerprint density at radius 1 is 1.54 bits per heavy atom. The molecule has 0 amide bonds. The average Bonchev–Trinajstić information content (AvgIpc) is 2.19. The zero-order chi connectivity index (χ0) is 9.15. The van der Waals surface area contributed by atoms with Crippen LogP contribution < -0.4 is 5.32 Å². The lowest BCUT2D eigenvalue weighted by atomic mass is 10.0. The molecule has 0 aromatic rings. The molecule has 3 nitrogen and oxygen atoms in total. The highest BCUT2D eigenvalue weighted by atomic mass is 16.6. The average molecular weight is 185 g/mol. The molecule has 0 radical (unpaired) electrons. The van der Waals surface area contributed by atoms with Gasteiger partial charge in [0.1, 0.15) is 5.72 Å². The van der Waals surface area contributed by atoms with Crippen LogP contribution in [0.25, 0.3) is 0 Å². The van der Waals surface area contributed by atoms with Gasteiger partial charge in [-0.2, -0.15) is 0 Å². The summed E-state index contributed by atoms with van der Waals surface area (Å²) in [7, 11) is 0. The maximum atomic E-state index is 6.03. The van der Waals surface area contributed by atoms with Crippen molar-refractivity contribution in [3.8, 4) is 0 Å². The lowest BCUT2D eigenvalue weighted by molar-refractivity contribution is -0.195. The minimum Gasteiger partial charge on any atom is -0.377 e. The van der Waals surface area contributed by atoms with Crippen LogP contribution in [-0.4, -0.2) is 31.6 Å². The molecule has 2 rings (SSSR count). The molecule has 0 aliphatic carbocycles. The lowest BCUT2D eigenvalue weighted by Crippen LogP contribution is -2.59. The Bertz CT molecular complexity index is 161. The highest BCUT2D eigenvalue weighted by Gasteiger charge is 2.38. The highest BCUT2D eigenvalue weighted by molar-refractivity contribution is 4.86. The number of ether oxygens (including phenoxy) is 2. The molecule has 2 saturated heterocycles. The Labute approximate surface area is 79.8 Å². The topological polar surface area (TPSA) is 30.5 Å². The van der Waals surface area contributed by atoms with E-state index in [4.69, 9.17) is 9.47 Å². The first kappa shape index (κ1) is 9.44. The Morgan fingerprint density at radius 2 is 2.46 bits per heavy atom. The summed E-state index contributed by atoms with van der Waals surface area (Å²) in [5, 5.41) is 3.45. The van der Waals surface area contributed by atoms with Gasteiger partial charge >= 0.3 is 0 Å². The van der Waals surface area contributed by atoms with Crippen molar-refractivity contribution in [1.82, 2.24) is 5.32 Å². The van der Waals surface area contributed by atoms with Gasteiger partial charge in [0.15, 0.2) is 0 Å². The third kappa shape index (κ3) is 2.03. The first-order chi connectivity index (χ1) is 6.35. The van der Waals surface area contributed by atoms with Crippen LogP contribution in [0.2, 0.25) is 0 Å². The van der Waals surface area contributed by atoms with E-state index in [2.05, 4.69) is 12.2 Å². The zero-order valence-electron chi connectivity index (χ0n) is 8.34. The first-order valence-electron chi connectivity index (χ1n) is 5.35. The van der Waals surface area contributed by atoms with Gasteiger partial charge in [-0.05, 0) is 25.7 Å². The second-order valence-electron chi connectivity index (χ2n) is 4.01. The summed E-state index contributed by atoms with van der Waals surface area (Å²) in [4.78, 5) is 0. The molecule has 1 spiro atoms. The summed E-state index contributed by atoms with van der Waals surface area (Å²) < 4.78 is 11.5. The van der Waals surface area contributed by atoms with Crippen molar-refractivity contribution < 1.29 is 9.47 Å². The van der Waals surface area contributed by atoms with Crippen molar-refractivity contribution >= 4 is 0 Å². The van der Waals surface area contributed by atoms with Crippen molar-refractivity contribution in [2.75, 3.05) is 19.8 Å². The van der Waals surface area contributed by atoms with E-state index in [1.807, 2.05) is 0 Å². The van der Waals surface area contributed by atoms with Crippen molar-refractivity contribution in [3.05, 3.63) is 0 Å². The normalized spacial score (nSPS) is 40.8. The zero-order valence-corrected chi connectivity index (χ0v) is 8.34. The van der Waals surface area contributed by atoms with Gasteiger partial charge in [-0.3, -0.25) is 5.32 Å². The first-order valence-corrected chi connectivity index (χ1v) is 5.35. The molecule has 0 saturated carbocycles. The third-order valence-corrected chi connectivity index (χ3v) is 2.97. The minimum absolute atomic E-state index is 0.142. The third-order valence-electron chi connectivity index (χ3n) is 2.97. The van der Waals surface area contributed by atoms with Crippen LogP contribution in [0.15, 0.2) is 0 Å². The smallest absolute Gasteiger partial charge is 0.143 e. The van der Waals surface area contributed by atoms with Crippen LogP contribution in [0.1, 0.15) is 32.6 Å². The summed E-state index contributed by atoms with van der Waals surface area (Å²) >= 11 is 0. The molecule has 13 heavy (non-hydrogen) atoms. The van der Waals surface area contributed by atoms with Gasteiger partial charge in [0, 0.05) is 13.2 Å². The lowest BCUT2D eigenvalue weighted by Gasteiger charge is -2.44. The van der Waals surface area contributed by atoms with Gasteiger partial charge in [-0.25, -0.2) is 0 Å². The summed E-state index contributed by atoms with van der Waals surface area (Å²) in [6.45, 7) is 4.88. The molecule has 2 unspecified atom stereocenters. The van der Waals surface area contributed by atoms with Gasteiger partial charge in [0.05, 0.1) is 12.7 Å². The van der Waals surface area contributed by atoms with Crippen molar-refractivity contribution in [2.45, 2.75) is 44.4 Å². The van der Waals surface area contributed by atoms with Gasteiger partial charge in [-0.1, -0.05) is 6.92 Å². The number of nitrogens with one attached hydrogen (secondary N) is 1. The van der Waals surface area contributed by atoms with Gasteiger partial charge in [0.25, 0.3) is 0 Å². The van der Waals surface area contributed by atoms with Crippen LogP contribution >= 0.6 is 0 Å². The highest BCUT2D eigenvalue weighted by Crippen LogP contribution is 2.27. The monoisotopic (exact) mass is 185 g/mol. The fourth-order valence-electron chi connectivity index (χ4n) is 2.17. The van der Waals surface area contributed by atoms with Gasteiger partial charge in [0.2, 0.25) is 0 Å². The summed E-state index contributed by atoms with van der Waals surface area (Å²) in [6, 6.07) is 0. The molecule has 1 N–H and O–H groups in total. The Balaban J connectivity index is 1.95. The molecule has 2 heterocycles. The summed E-state index contributed by atoms with van der Waals surface area (Å²) in [6.07, 6.45) is 4.90. The van der Waals surface area contributed by atoms with E-state index >= 15 is 0 Å². The quantitative estimate of drug-likeness (QED) is 0.667. The molecular weight excluding hydrogens is 166 g/mol. The Morgan fingerprint density at radius 3 is 3.15 bits per heavy atom. The van der Waals surface area contributed by atoms with Crippen LogP contribution in [0.4, 0.5) is 0 Å².